The first-order valence-corrected chi connectivity index (χ1v) is 16.5. The fourth-order valence-electron chi connectivity index (χ4n) is 4.74. The Morgan fingerprint density at radius 1 is 0.521 bits per heavy atom. The van der Waals surface area contributed by atoms with Gasteiger partial charge in [0.25, 0.3) is 0 Å². The highest BCUT2D eigenvalue weighted by atomic mass is 32.1. The van der Waals surface area contributed by atoms with Gasteiger partial charge in [-0.15, -0.1) is 0 Å². The maximum atomic E-state index is 5.30. The minimum Gasteiger partial charge on any atom is -0.250 e. The first-order valence-electron chi connectivity index (χ1n) is 15.7. The van der Waals surface area contributed by atoms with E-state index in [1.807, 2.05) is 60.7 Å². The van der Waals surface area contributed by atoms with Gasteiger partial charge in [0.2, 0.25) is 9.54 Å². The lowest BCUT2D eigenvalue weighted by atomic mass is 9.87. The number of nitrogens with one attached hydrogen (secondary N) is 2. The molecule has 2 aromatic heterocycles. The maximum absolute atomic E-state index is 5.30. The van der Waals surface area contributed by atoms with Crippen molar-refractivity contribution in [3.63, 3.8) is 0 Å². The molecule has 6 rings (SSSR count). The predicted molar refractivity (Wildman–Crippen MR) is 202 cm³/mol. The zero-order chi connectivity index (χ0) is 34.3. The van der Waals surface area contributed by atoms with Crippen LogP contribution in [0.5, 0.6) is 0 Å². The van der Waals surface area contributed by atoms with E-state index in [0.717, 1.165) is 22.3 Å². The van der Waals surface area contributed by atoms with Gasteiger partial charge in [-0.3, -0.25) is 0 Å². The quantitative estimate of drug-likeness (QED) is 0.136. The Kier molecular flexibility index (Phi) is 10.6. The standard InChI is InChI=1S/2C19H20N4S/c2*1-19(2,3)16-11-9-15(10-12-16)17-21-22-18(24)23(17)20-13-14-7-5-4-6-8-14/h2*4-13H,1-3H3,(H,22,24). The van der Waals surface area contributed by atoms with Gasteiger partial charge in [-0.05, 0) is 57.5 Å². The summed E-state index contributed by atoms with van der Waals surface area (Å²) in [6.45, 7) is 13.2. The molecule has 48 heavy (non-hydrogen) atoms. The Morgan fingerprint density at radius 2 is 0.854 bits per heavy atom. The first kappa shape index (κ1) is 34.3. The summed E-state index contributed by atoms with van der Waals surface area (Å²) >= 11 is 10.6. The van der Waals surface area contributed by atoms with E-state index in [1.165, 1.54) is 11.1 Å². The molecule has 6 aromatic rings. The van der Waals surface area contributed by atoms with Crippen LogP contribution in [0, 0.1) is 9.54 Å². The Balaban J connectivity index is 0.000000188. The van der Waals surface area contributed by atoms with Gasteiger partial charge in [-0.2, -0.15) is 29.8 Å². The average Bonchev–Trinajstić information content (AvgIpc) is 3.64. The van der Waals surface area contributed by atoms with Crippen LogP contribution in [0.1, 0.15) is 63.8 Å². The van der Waals surface area contributed by atoms with Crippen molar-refractivity contribution in [3.05, 3.63) is 141 Å². The molecule has 0 atom stereocenters. The maximum Gasteiger partial charge on any atom is 0.216 e. The number of benzene rings is 4. The second kappa shape index (κ2) is 14.8. The molecule has 0 saturated carbocycles. The van der Waals surface area contributed by atoms with Gasteiger partial charge >= 0.3 is 0 Å². The number of H-pyrrole nitrogens is 2. The zero-order valence-corrected chi connectivity index (χ0v) is 29.7. The third-order valence-electron chi connectivity index (χ3n) is 7.56. The molecule has 0 unspecified atom stereocenters. The van der Waals surface area contributed by atoms with Gasteiger partial charge in [0.15, 0.2) is 11.6 Å². The second-order valence-electron chi connectivity index (χ2n) is 13.3. The van der Waals surface area contributed by atoms with E-state index in [0.29, 0.717) is 21.2 Å². The van der Waals surface area contributed by atoms with E-state index in [4.69, 9.17) is 24.4 Å². The molecule has 4 aromatic carbocycles. The third kappa shape index (κ3) is 8.64. The summed E-state index contributed by atoms with van der Waals surface area (Å²) in [6.07, 6.45) is 3.55. The lowest BCUT2D eigenvalue weighted by Crippen LogP contribution is -2.10. The Bertz CT molecular complexity index is 1950. The van der Waals surface area contributed by atoms with E-state index in [2.05, 4.69) is 121 Å². The Hall–Kier alpha value is -5.06. The fourth-order valence-corrected chi connectivity index (χ4v) is 5.10. The average molecular weight is 673 g/mol. The number of nitrogens with zero attached hydrogens (tertiary/aromatic N) is 6. The monoisotopic (exact) mass is 672 g/mol. The van der Waals surface area contributed by atoms with Crippen molar-refractivity contribution < 1.29 is 0 Å². The van der Waals surface area contributed by atoms with Gasteiger partial charge in [0.1, 0.15) is 0 Å². The summed E-state index contributed by atoms with van der Waals surface area (Å²) in [4.78, 5) is 0. The van der Waals surface area contributed by atoms with Gasteiger partial charge < -0.3 is 0 Å². The highest BCUT2D eigenvalue weighted by Crippen LogP contribution is 2.26. The topological polar surface area (TPSA) is 91.9 Å². The van der Waals surface area contributed by atoms with Crippen molar-refractivity contribution >= 4 is 36.9 Å². The molecule has 0 bridgehead atoms. The lowest BCUT2D eigenvalue weighted by Gasteiger charge is -2.18. The summed E-state index contributed by atoms with van der Waals surface area (Å²) in [5.74, 6) is 1.40. The predicted octanol–water partition coefficient (Wildman–Crippen LogP) is 9.57. The van der Waals surface area contributed by atoms with Crippen LogP contribution in [0.25, 0.3) is 22.8 Å². The molecule has 10 heteroatoms. The molecule has 0 fully saturated rings. The van der Waals surface area contributed by atoms with E-state index in [1.54, 1.807) is 21.8 Å². The van der Waals surface area contributed by atoms with Crippen molar-refractivity contribution in [3.8, 4) is 22.8 Å². The second-order valence-corrected chi connectivity index (χ2v) is 14.1. The van der Waals surface area contributed by atoms with E-state index in [9.17, 15) is 0 Å². The van der Waals surface area contributed by atoms with Crippen LogP contribution in [-0.4, -0.2) is 42.2 Å². The molecule has 0 aliphatic heterocycles. The normalized spacial score (nSPS) is 12.0. The molecule has 0 radical (unpaired) electrons. The lowest BCUT2D eigenvalue weighted by molar-refractivity contribution is 0.590. The van der Waals surface area contributed by atoms with Crippen molar-refractivity contribution in [2.24, 2.45) is 10.2 Å². The van der Waals surface area contributed by atoms with Crippen LogP contribution in [0.3, 0.4) is 0 Å². The van der Waals surface area contributed by atoms with E-state index in [-0.39, 0.29) is 10.8 Å². The number of aromatic amines is 2. The minimum absolute atomic E-state index is 0.120. The van der Waals surface area contributed by atoms with Crippen molar-refractivity contribution in [2.75, 3.05) is 0 Å². The molecule has 2 N–H and O–H groups in total. The van der Waals surface area contributed by atoms with Gasteiger partial charge in [0.05, 0.1) is 12.4 Å². The van der Waals surface area contributed by atoms with Gasteiger partial charge in [0, 0.05) is 11.1 Å². The largest absolute Gasteiger partial charge is 0.250 e. The summed E-state index contributed by atoms with van der Waals surface area (Å²) < 4.78 is 4.23. The van der Waals surface area contributed by atoms with Crippen LogP contribution >= 0.6 is 24.4 Å². The van der Waals surface area contributed by atoms with Gasteiger partial charge in [-0.1, -0.05) is 151 Å². The van der Waals surface area contributed by atoms with Crippen molar-refractivity contribution in [1.29, 1.82) is 0 Å². The minimum atomic E-state index is 0.120. The zero-order valence-electron chi connectivity index (χ0n) is 28.0. The van der Waals surface area contributed by atoms with Crippen LogP contribution in [0.15, 0.2) is 119 Å². The molecular formula is C38H40N8S2. The molecule has 0 amide bonds. The number of rotatable bonds is 6. The van der Waals surface area contributed by atoms with Crippen LogP contribution in [-0.2, 0) is 10.8 Å². The Morgan fingerprint density at radius 3 is 1.17 bits per heavy atom. The molecule has 8 nitrogen and oxygen atoms in total. The van der Waals surface area contributed by atoms with Crippen molar-refractivity contribution in [1.82, 2.24) is 29.7 Å². The van der Waals surface area contributed by atoms with Gasteiger partial charge in [-0.25, -0.2) is 10.2 Å². The highest BCUT2D eigenvalue weighted by Gasteiger charge is 2.16. The highest BCUT2D eigenvalue weighted by molar-refractivity contribution is 7.71. The number of hydrogen-bond donors (Lipinski definition) is 2. The smallest absolute Gasteiger partial charge is 0.216 e. The Labute approximate surface area is 291 Å². The molecule has 244 valence electrons. The SMILES string of the molecule is CC(C)(C)c1ccc(-c2n[nH]c(=S)n2N=Cc2ccccc2)cc1.CC(C)(C)c1ccc(-c2n[nH]c(=S)n2N=Cc2ccccc2)cc1. The number of aromatic nitrogens is 6. The number of hydrogen-bond acceptors (Lipinski definition) is 6. The molecular weight excluding hydrogens is 633 g/mol. The summed E-state index contributed by atoms with van der Waals surface area (Å²) in [5, 5.41) is 23.2. The molecule has 0 aliphatic rings. The van der Waals surface area contributed by atoms with Crippen molar-refractivity contribution in [2.45, 2.75) is 52.4 Å². The molecule has 0 aliphatic carbocycles. The third-order valence-corrected chi connectivity index (χ3v) is 8.09. The molecule has 0 saturated heterocycles. The summed E-state index contributed by atoms with van der Waals surface area (Å²) in [5.41, 5.74) is 6.76. The summed E-state index contributed by atoms with van der Waals surface area (Å²) in [6, 6.07) is 36.5. The molecule has 2 heterocycles. The van der Waals surface area contributed by atoms with E-state index < -0.39 is 0 Å². The van der Waals surface area contributed by atoms with Crippen LogP contribution in [0.2, 0.25) is 0 Å². The first-order chi connectivity index (χ1) is 22.9. The summed E-state index contributed by atoms with van der Waals surface area (Å²) in [7, 11) is 0. The van der Waals surface area contributed by atoms with Crippen LogP contribution < -0.4 is 0 Å². The van der Waals surface area contributed by atoms with E-state index >= 15 is 0 Å². The fraction of sp³-hybridized carbons (Fsp3) is 0.211. The molecule has 0 spiro atoms. The van der Waals surface area contributed by atoms with Crippen LogP contribution in [0.4, 0.5) is 0 Å².